The molecule has 6 nitrogen and oxygen atoms in total. The van der Waals surface area contributed by atoms with Crippen molar-refractivity contribution in [2.24, 2.45) is 0 Å². The van der Waals surface area contributed by atoms with Crippen LogP contribution >= 0.6 is 0 Å². The Hall–Kier alpha value is -1.84. The van der Waals surface area contributed by atoms with Gasteiger partial charge in [0.05, 0.1) is 16.7 Å². The largest absolute Gasteiger partial charge is 0.495 e. The highest BCUT2D eigenvalue weighted by atomic mass is 19.3. The Kier molecular flexibility index (Phi) is 4.83. The second-order valence-corrected chi connectivity index (χ2v) is 8.87. The number of alkyl halides is 2. The first-order valence-electron chi connectivity index (χ1n) is 9.98. The zero-order valence-electron chi connectivity index (χ0n) is 17.6. The van der Waals surface area contributed by atoms with E-state index in [0.29, 0.717) is 22.2 Å². The lowest BCUT2D eigenvalue weighted by Gasteiger charge is -2.32. The maximum atomic E-state index is 14.7. The summed E-state index contributed by atoms with van der Waals surface area (Å²) in [5.74, 6) is -2.38. The Balaban J connectivity index is 1.85. The number of nitrogens with one attached hydrogen (secondary N) is 1. The van der Waals surface area contributed by atoms with Gasteiger partial charge < -0.3 is 19.5 Å². The summed E-state index contributed by atoms with van der Waals surface area (Å²) in [6, 6.07) is 3.17. The van der Waals surface area contributed by atoms with E-state index in [9.17, 15) is 8.78 Å². The molecule has 2 saturated heterocycles. The molecule has 9 heteroatoms. The third-order valence-corrected chi connectivity index (χ3v) is 6.18. The summed E-state index contributed by atoms with van der Waals surface area (Å²) in [6.07, 6.45) is 1.48. The number of benzene rings is 1. The molecular formula is C20H27BF2N4O2. The smallest absolute Gasteiger partial charge is 0.399 e. The van der Waals surface area contributed by atoms with E-state index in [-0.39, 0.29) is 5.56 Å². The Morgan fingerprint density at radius 3 is 2.28 bits per heavy atom. The number of fused-ring (bicyclic) bond motifs is 1. The molecule has 1 aromatic heterocycles. The molecule has 4 rings (SSSR count). The van der Waals surface area contributed by atoms with Crippen LogP contribution in [0.2, 0.25) is 0 Å². The molecule has 156 valence electrons. The summed E-state index contributed by atoms with van der Waals surface area (Å²) in [4.78, 5) is 10.9. The van der Waals surface area contributed by atoms with Crippen LogP contribution in [0, 0.1) is 0 Å². The lowest BCUT2D eigenvalue weighted by atomic mass is 9.74. The zero-order chi connectivity index (χ0) is 21.0. The molecular weight excluding hydrogens is 377 g/mol. The van der Waals surface area contributed by atoms with Gasteiger partial charge in [0.25, 0.3) is 5.92 Å². The summed E-state index contributed by atoms with van der Waals surface area (Å²) < 4.78 is 41.5. The molecule has 1 aromatic carbocycles. The van der Waals surface area contributed by atoms with Crippen molar-refractivity contribution >= 4 is 29.3 Å². The van der Waals surface area contributed by atoms with E-state index in [0.717, 1.165) is 33.1 Å². The van der Waals surface area contributed by atoms with Gasteiger partial charge in [-0.1, -0.05) is 0 Å². The monoisotopic (exact) mass is 404 g/mol. The fourth-order valence-electron chi connectivity index (χ4n) is 3.78. The first kappa shape index (κ1) is 20.4. The number of anilines is 1. The van der Waals surface area contributed by atoms with Gasteiger partial charge in [0.15, 0.2) is 0 Å². The molecule has 2 fully saturated rings. The number of piperazine rings is 1. The Morgan fingerprint density at radius 1 is 1.07 bits per heavy atom. The lowest BCUT2D eigenvalue weighted by molar-refractivity contribution is 0.00578. The van der Waals surface area contributed by atoms with Gasteiger partial charge in [-0.15, -0.1) is 0 Å². The summed E-state index contributed by atoms with van der Waals surface area (Å²) in [5, 5.41) is 3.91. The van der Waals surface area contributed by atoms with Gasteiger partial charge in [0, 0.05) is 44.1 Å². The van der Waals surface area contributed by atoms with Crippen LogP contribution in [-0.2, 0) is 15.2 Å². The van der Waals surface area contributed by atoms with Crippen molar-refractivity contribution < 1.29 is 18.1 Å². The molecule has 0 radical (unpaired) electrons. The van der Waals surface area contributed by atoms with Crippen molar-refractivity contribution in [3.8, 4) is 0 Å². The standard InChI is InChI=1S/C20H27BF2N4O2/c1-18(2)19(3,4)29-21(28-18)15-11-16-13(10-14(15)20(5,22)23)17(26-12-25-16)27-8-6-24-7-9-27/h10-12,24H,6-9H2,1-5H3. The molecule has 2 aliphatic rings. The molecule has 1 N–H and O–H groups in total. The van der Waals surface area contributed by atoms with Gasteiger partial charge in [-0.05, 0) is 45.3 Å². The second kappa shape index (κ2) is 6.85. The highest BCUT2D eigenvalue weighted by Gasteiger charge is 2.53. The van der Waals surface area contributed by atoms with Crippen LogP contribution in [0.1, 0.15) is 40.2 Å². The molecule has 0 aliphatic carbocycles. The molecule has 0 unspecified atom stereocenters. The third-order valence-electron chi connectivity index (χ3n) is 6.18. The maximum absolute atomic E-state index is 14.7. The molecule has 29 heavy (non-hydrogen) atoms. The number of hydrogen-bond donors (Lipinski definition) is 1. The summed E-state index contributed by atoms with van der Waals surface area (Å²) in [5.41, 5.74) is -0.440. The van der Waals surface area contributed by atoms with Gasteiger partial charge in [0.1, 0.15) is 12.1 Å². The molecule has 0 amide bonds. The van der Waals surface area contributed by atoms with E-state index >= 15 is 0 Å². The Labute approximate surface area is 170 Å². The van der Waals surface area contributed by atoms with Crippen LogP contribution in [-0.4, -0.2) is 54.5 Å². The molecule has 2 aromatic rings. The topological polar surface area (TPSA) is 59.5 Å². The van der Waals surface area contributed by atoms with Crippen molar-refractivity contribution in [3.05, 3.63) is 24.0 Å². The lowest BCUT2D eigenvalue weighted by Crippen LogP contribution is -2.44. The number of aromatic nitrogens is 2. The van der Waals surface area contributed by atoms with E-state index in [4.69, 9.17) is 9.31 Å². The number of nitrogens with zero attached hydrogens (tertiary/aromatic N) is 3. The molecule has 0 atom stereocenters. The first-order chi connectivity index (χ1) is 13.5. The minimum absolute atomic E-state index is 0.116. The maximum Gasteiger partial charge on any atom is 0.495 e. The summed E-state index contributed by atoms with van der Waals surface area (Å²) in [6.45, 7) is 11.7. The number of rotatable bonds is 3. The minimum Gasteiger partial charge on any atom is -0.399 e. The van der Waals surface area contributed by atoms with Crippen LogP contribution in [0.25, 0.3) is 10.9 Å². The molecule has 2 aliphatic heterocycles. The predicted octanol–water partition coefficient (Wildman–Crippen LogP) is 2.45. The quantitative estimate of drug-likeness (QED) is 0.794. The van der Waals surface area contributed by atoms with Gasteiger partial charge in [-0.3, -0.25) is 0 Å². The molecule has 3 heterocycles. The van der Waals surface area contributed by atoms with Crippen LogP contribution in [0.4, 0.5) is 14.6 Å². The summed E-state index contributed by atoms with van der Waals surface area (Å²) in [7, 11) is -0.886. The molecule has 0 saturated carbocycles. The molecule has 0 spiro atoms. The van der Waals surface area contributed by atoms with Crippen molar-refractivity contribution in [3.63, 3.8) is 0 Å². The summed E-state index contributed by atoms with van der Waals surface area (Å²) >= 11 is 0. The van der Waals surface area contributed by atoms with Crippen molar-refractivity contribution in [2.75, 3.05) is 31.1 Å². The highest BCUT2D eigenvalue weighted by molar-refractivity contribution is 6.63. The fraction of sp³-hybridized carbons (Fsp3) is 0.600. The average molecular weight is 404 g/mol. The fourth-order valence-corrected chi connectivity index (χ4v) is 3.78. The van der Waals surface area contributed by atoms with Gasteiger partial charge in [0.2, 0.25) is 0 Å². The Bertz CT molecular complexity index is 911. The second-order valence-electron chi connectivity index (χ2n) is 8.87. The highest BCUT2D eigenvalue weighted by Crippen LogP contribution is 2.39. The van der Waals surface area contributed by atoms with Crippen molar-refractivity contribution in [1.82, 2.24) is 15.3 Å². The van der Waals surface area contributed by atoms with Gasteiger partial charge in [-0.2, -0.15) is 0 Å². The van der Waals surface area contributed by atoms with Crippen LogP contribution < -0.4 is 15.7 Å². The van der Waals surface area contributed by atoms with Crippen LogP contribution in [0.5, 0.6) is 0 Å². The van der Waals surface area contributed by atoms with Gasteiger partial charge in [-0.25, -0.2) is 18.7 Å². The SMILES string of the molecule is CC(F)(F)c1cc2c(N3CCNCC3)ncnc2cc1B1OC(C)(C)C(C)(C)O1. The Morgan fingerprint density at radius 2 is 1.69 bits per heavy atom. The normalized spacial score (nSPS) is 21.8. The average Bonchev–Trinajstić information content (AvgIpc) is 2.87. The van der Waals surface area contributed by atoms with E-state index in [1.165, 1.54) is 12.4 Å². The third kappa shape index (κ3) is 3.60. The zero-order valence-corrected chi connectivity index (χ0v) is 17.6. The van der Waals surface area contributed by atoms with E-state index < -0.39 is 24.2 Å². The molecule has 0 bridgehead atoms. The van der Waals surface area contributed by atoms with E-state index in [1.54, 1.807) is 6.07 Å². The minimum atomic E-state index is -3.07. The predicted molar refractivity (Wildman–Crippen MR) is 110 cm³/mol. The van der Waals surface area contributed by atoms with E-state index in [2.05, 4.69) is 20.2 Å². The van der Waals surface area contributed by atoms with E-state index in [1.807, 2.05) is 27.7 Å². The van der Waals surface area contributed by atoms with Crippen LogP contribution in [0.3, 0.4) is 0 Å². The van der Waals surface area contributed by atoms with Crippen molar-refractivity contribution in [1.29, 1.82) is 0 Å². The number of hydrogen-bond acceptors (Lipinski definition) is 6. The van der Waals surface area contributed by atoms with Crippen LogP contribution in [0.15, 0.2) is 18.5 Å². The number of halogens is 2. The van der Waals surface area contributed by atoms with Gasteiger partial charge >= 0.3 is 7.12 Å². The van der Waals surface area contributed by atoms with Crippen molar-refractivity contribution in [2.45, 2.75) is 51.7 Å². The first-order valence-corrected chi connectivity index (χ1v) is 9.98.